The fourth-order valence-electron chi connectivity index (χ4n) is 2.02. The molecule has 152 valence electrons. The number of nitriles is 1. The van der Waals surface area contributed by atoms with Gasteiger partial charge in [0.15, 0.2) is 29.0 Å². The van der Waals surface area contributed by atoms with E-state index in [9.17, 15) is 26.3 Å². The summed E-state index contributed by atoms with van der Waals surface area (Å²) in [5, 5.41) is 19.4. The van der Waals surface area contributed by atoms with Gasteiger partial charge in [0.05, 0.1) is 5.56 Å². The van der Waals surface area contributed by atoms with Crippen LogP contribution < -0.4 is 15.9 Å². The number of anilines is 1. The van der Waals surface area contributed by atoms with Crippen LogP contribution in [0.15, 0.2) is 29.4 Å². The maximum atomic E-state index is 14.0. The number of nitrogens with two attached hydrogens (primary N) is 1. The number of hydrazone groups is 1. The Kier molecular flexibility index (Phi) is 6.01. The van der Waals surface area contributed by atoms with Crippen molar-refractivity contribution in [1.82, 2.24) is 0 Å². The molecule has 0 unspecified atom stereocenters. The summed E-state index contributed by atoms with van der Waals surface area (Å²) >= 11 is 0. The minimum absolute atomic E-state index is 0.0191. The van der Waals surface area contributed by atoms with Crippen molar-refractivity contribution in [3.63, 3.8) is 0 Å². The van der Waals surface area contributed by atoms with E-state index in [-0.39, 0.29) is 23.4 Å². The Hall–Kier alpha value is -3.75. The predicted molar refractivity (Wildman–Crippen MR) is 91.2 cm³/mol. The van der Waals surface area contributed by atoms with E-state index in [0.717, 1.165) is 12.1 Å². The van der Waals surface area contributed by atoms with Crippen molar-refractivity contribution in [2.75, 3.05) is 5.43 Å². The molecule has 2 rings (SSSR count). The van der Waals surface area contributed by atoms with Gasteiger partial charge in [-0.1, -0.05) is 0 Å². The predicted octanol–water partition coefficient (Wildman–Crippen LogP) is 4.45. The van der Waals surface area contributed by atoms with Crippen LogP contribution in [0.1, 0.15) is 11.1 Å². The summed E-state index contributed by atoms with van der Waals surface area (Å²) in [6, 6.07) is 3.39. The van der Waals surface area contributed by atoms with Crippen LogP contribution in [0.2, 0.25) is 0 Å². The van der Waals surface area contributed by atoms with Crippen molar-refractivity contribution >= 4 is 17.2 Å². The topological polar surface area (TPSA) is 107 Å². The summed E-state index contributed by atoms with van der Waals surface area (Å²) in [5.74, 6) is -6.36. The number of alkyl halides is 3. The molecule has 12 heteroatoms. The van der Waals surface area contributed by atoms with Gasteiger partial charge in [-0.2, -0.15) is 23.5 Å². The van der Waals surface area contributed by atoms with Crippen molar-refractivity contribution in [3.05, 3.63) is 52.8 Å². The first-order valence-corrected chi connectivity index (χ1v) is 7.56. The lowest BCUT2D eigenvalue weighted by molar-refractivity contribution is -0.138. The van der Waals surface area contributed by atoms with Crippen molar-refractivity contribution in [3.8, 4) is 17.6 Å². The number of ether oxygens (including phenoxy) is 1. The Morgan fingerprint density at radius 2 is 1.72 bits per heavy atom. The molecule has 2 aromatic rings. The Bertz CT molecular complexity index is 1020. The lowest BCUT2D eigenvalue weighted by Gasteiger charge is -2.15. The Labute approximate surface area is 159 Å². The summed E-state index contributed by atoms with van der Waals surface area (Å²) in [4.78, 5) is 0. The Morgan fingerprint density at radius 1 is 1.14 bits per heavy atom. The highest BCUT2D eigenvalue weighted by atomic mass is 19.4. The molecule has 0 aromatic heterocycles. The zero-order valence-electron chi connectivity index (χ0n) is 14.5. The second-order valence-corrected chi connectivity index (χ2v) is 5.56. The molecule has 29 heavy (non-hydrogen) atoms. The van der Waals surface area contributed by atoms with Gasteiger partial charge >= 0.3 is 6.18 Å². The average molecular weight is 415 g/mol. The maximum Gasteiger partial charge on any atom is 0.416 e. The van der Waals surface area contributed by atoms with Gasteiger partial charge < -0.3 is 10.5 Å². The second-order valence-electron chi connectivity index (χ2n) is 5.56. The van der Waals surface area contributed by atoms with Crippen LogP contribution in [0.5, 0.6) is 11.5 Å². The fourth-order valence-corrected chi connectivity index (χ4v) is 2.02. The number of nitrogens with zero attached hydrogens (tertiary/aromatic N) is 2. The molecule has 0 bridgehead atoms. The van der Waals surface area contributed by atoms with E-state index >= 15 is 0 Å². The molecule has 0 spiro atoms. The lowest BCUT2D eigenvalue weighted by atomic mass is 10.1. The molecule has 0 radical (unpaired) electrons. The lowest BCUT2D eigenvalue weighted by Crippen LogP contribution is -2.22. The monoisotopic (exact) mass is 415 g/mol. The van der Waals surface area contributed by atoms with Crippen LogP contribution in [0.4, 0.5) is 32.0 Å². The Morgan fingerprint density at radius 3 is 2.21 bits per heavy atom. The van der Waals surface area contributed by atoms with Gasteiger partial charge in [0.2, 0.25) is 5.71 Å². The highest BCUT2D eigenvalue weighted by Gasteiger charge is 2.33. The molecule has 0 saturated carbocycles. The smallest absolute Gasteiger partial charge is 0.416 e. The molecule has 0 aliphatic heterocycles. The molecule has 0 amide bonds. The number of nitrogens with one attached hydrogen (secondary N) is 2. The highest BCUT2D eigenvalue weighted by Crippen LogP contribution is 2.38. The third-order valence-electron chi connectivity index (χ3n) is 3.45. The van der Waals surface area contributed by atoms with Crippen LogP contribution >= 0.6 is 0 Å². The van der Waals surface area contributed by atoms with E-state index in [0.29, 0.717) is 0 Å². The molecular weight excluding hydrogens is 404 g/mol. The van der Waals surface area contributed by atoms with Gasteiger partial charge in [0.1, 0.15) is 17.6 Å². The summed E-state index contributed by atoms with van der Waals surface area (Å²) in [5.41, 5.74) is 4.78. The van der Waals surface area contributed by atoms with Gasteiger partial charge in [0, 0.05) is 6.07 Å². The van der Waals surface area contributed by atoms with Crippen LogP contribution in [0.25, 0.3) is 0 Å². The molecule has 4 N–H and O–H groups in total. The van der Waals surface area contributed by atoms with E-state index in [4.69, 9.17) is 21.1 Å². The number of rotatable bonds is 5. The molecule has 0 heterocycles. The number of hydrogen-bond donors (Lipinski definition) is 3. The van der Waals surface area contributed by atoms with Crippen LogP contribution in [-0.2, 0) is 6.18 Å². The van der Waals surface area contributed by atoms with Crippen LogP contribution in [0.3, 0.4) is 0 Å². The third-order valence-corrected chi connectivity index (χ3v) is 3.45. The van der Waals surface area contributed by atoms with Crippen molar-refractivity contribution < 1.29 is 31.1 Å². The van der Waals surface area contributed by atoms with E-state index < -0.39 is 52.2 Å². The summed E-state index contributed by atoms with van der Waals surface area (Å²) < 4.78 is 84.9. The van der Waals surface area contributed by atoms with Crippen LogP contribution in [0, 0.1) is 41.1 Å². The quantitative estimate of drug-likeness (QED) is 0.290. The van der Waals surface area contributed by atoms with E-state index in [1.165, 1.54) is 13.0 Å². The molecule has 0 aliphatic rings. The summed E-state index contributed by atoms with van der Waals surface area (Å²) in [7, 11) is 0. The van der Waals surface area contributed by atoms with Gasteiger partial charge in [-0.05, 0) is 30.7 Å². The third kappa shape index (κ3) is 4.95. The zero-order valence-corrected chi connectivity index (χ0v) is 14.5. The number of benzene rings is 2. The standard InChI is InChI=1S/C17H11F6N5O/c1-7-2-14(12(5-9(7)18)27-28-13(6-24)16(25)26)29-15-10(19)3-8(4-11(15)20)17(21,22)23/h2-5,27H,1H3,(H3,25,26)/b28-13+. The average Bonchev–Trinajstić information content (AvgIpc) is 2.60. The number of halogens is 6. The first-order chi connectivity index (χ1) is 13.4. The van der Waals surface area contributed by atoms with Crippen molar-refractivity contribution in [2.45, 2.75) is 13.1 Å². The van der Waals surface area contributed by atoms with E-state index in [2.05, 4.69) is 10.5 Å². The molecule has 0 saturated heterocycles. The molecule has 2 aromatic carbocycles. The van der Waals surface area contributed by atoms with Crippen molar-refractivity contribution in [2.24, 2.45) is 10.8 Å². The largest absolute Gasteiger partial charge is 0.449 e. The summed E-state index contributed by atoms with van der Waals surface area (Å²) in [6.45, 7) is 1.30. The number of aryl methyl sites for hydroxylation is 1. The van der Waals surface area contributed by atoms with Gasteiger partial charge in [-0.15, -0.1) is 0 Å². The minimum atomic E-state index is -4.98. The number of hydrogen-bond acceptors (Lipinski definition) is 5. The van der Waals surface area contributed by atoms with E-state index in [1.54, 1.807) is 0 Å². The molecule has 6 nitrogen and oxygen atoms in total. The first-order valence-electron chi connectivity index (χ1n) is 7.56. The Balaban J connectivity index is 2.50. The second kappa shape index (κ2) is 8.09. The van der Waals surface area contributed by atoms with Crippen molar-refractivity contribution in [1.29, 1.82) is 10.7 Å². The number of amidine groups is 1. The van der Waals surface area contributed by atoms with Gasteiger partial charge in [-0.25, -0.2) is 13.2 Å². The van der Waals surface area contributed by atoms with Crippen LogP contribution in [-0.4, -0.2) is 11.5 Å². The van der Waals surface area contributed by atoms with E-state index in [1.807, 2.05) is 0 Å². The fraction of sp³-hybridized carbons (Fsp3) is 0.118. The first kappa shape index (κ1) is 21.5. The van der Waals surface area contributed by atoms with Gasteiger partial charge in [-0.3, -0.25) is 10.8 Å². The molecular formula is C17H11F6N5O. The van der Waals surface area contributed by atoms with Gasteiger partial charge in [0.25, 0.3) is 0 Å². The minimum Gasteiger partial charge on any atom is -0.449 e. The maximum absolute atomic E-state index is 14.0. The zero-order chi connectivity index (χ0) is 21.9. The highest BCUT2D eigenvalue weighted by molar-refractivity contribution is 6.45. The SMILES string of the molecule is Cc1cc(Oc2c(F)cc(C(F)(F)F)cc2F)c(N/N=C(\C#N)C(=N)N)cc1F. The normalized spacial score (nSPS) is 11.7. The molecule has 0 atom stereocenters. The summed E-state index contributed by atoms with van der Waals surface area (Å²) in [6.07, 6.45) is -4.98. The molecule has 0 aliphatic carbocycles. The molecule has 0 fully saturated rings.